The van der Waals surface area contributed by atoms with Crippen molar-refractivity contribution >= 4 is 17.6 Å². The number of nitrogens with zero attached hydrogens (tertiary/aromatic N) is 3. The molecule has 3 rings (SSSR count). The molecule has 0 atom stereocenters. The molecule has 0 saturated carbocycles. The molecule has 1 aliphatic heterocycles. The Balaban J connectivity index is 2.09. The van der Waals surface area contributed by atoms with E-state index in [0.717, 1.165) is 24.5 Å². The molecular weight excluding hydrogens is 268 g/mol. The van der Waals surface area contributed by atoms with E-state index in [4.69, 9.17) is 10.8 Å². The van der Waals surface area contributed by atoms with Gasteiger partial charge in [-0.05, 0) is 19.1 Å². The van der Waals surface area contributed by atoms with Crippen molar-refractivity contribution in [3.8, 4) is 5.69 Å². The lowest BCUT2D eigenvalue weighted by atomic mass is 10.2. The molecule has 0 unspecified atom stereocenters. The Morgan fingerprint density at radius 2 is 1.90 bits per heavy atom. The molecule has 20 heavy (non-hydrogen) atoms. The summed E-state index contributed by atoms with van der Waals surface area (Å²) in [4.78, 5) is 2.42. The summed E-state index contributed by atoms with van der Waals surface area (Å²) in [5.41, 5.74) is 9.26. The van der Waals surface area contributed by atoms with Crippen LogP contribution >= 0.6 is 11.8 Å². The first kappa shape index (κ1) is 13.5. The lowest BCUT2D eigenvalue weighted by Gasteiger charge is -2.29. The highest BCUT2D eigenvalue weighted by Crippen LogP contribution is 2.28. The van der Waals surface area contributed by atoms with E-state index in [2.05, 4.69) is 17.0 Å². The average molecular weight is 288 g/mol. The second kappa shape index (κ2) is 5.89. The fourth-order valence-electron chi connectivity index (χ4n) is 2.64. The van der Waals surface area contributed by atoms with Crippen LogP contribution in [0.2, 0.25) is 0 Å². The van der Waals surface area contributed by atoms with Crippen LogP contribution in [0.25, 0.3) is 5.69 Å². The summed E-state index contributed by atoms with van der Waals surface area (Å²) in [5, 5.41) is 4.72. The Kier molecular flexibility index (Phi) is 3.98. The second-order valence-corrected chi connectivity index (χ2v) is 6.16. The molecular formula is C15H20N4S. The fourth-order valence-corrected chi connectivity index (χ4v) is 3.54. The number of para-hydroxylation sites is 1. The van der Waals surface area contributed by atoms with Crippen molar-refractivity contribution in [2.45, 2.75) is 13.5 Å². The van der Waals surface area contributed by atoms with E-state index in [1.807, 2.05) is 41.6 Å². The normalized spacial score (nSPS) is 15.6. The van der Waals surface area contributed by atoms with Crippen molar-refractivity contribution in [2.75, 3.05) is 29.5 Å². The van der Waals surface area contributed by atoms with E-state index >= 15 is 0 Å². The number of aryl methyl sites for hydroxylation is 1. The molecule has 1 saturated heterocycles. The van der Waals surface area contributed by atoms with E-state index in [1.54, 1.807) is 0 Å². The maximum Gasteiger partial charge on any atom is 0.137 e. The minimum Gasteiger partial charge on any atom is -0.355 e. The van der Waals surface area contributed by atoms with Crippen LogP contribution in [0.1, 0.15) is 11.3 Å². The zero-order valence-electron chi connectivity index (χ0n) is 11.7. The van der Waals surface area contributed by atoms with Crippen molar-refractivity contribution in [1.29, 1.82) is 0 Å². The van der Waals surface area contributed by atoms with E-state index in [1.165, 1.54) is 22.9 Å². The van der Waals surface area contributed by atoms with E-state index in [0.29, 0.717) is 6.54 Å². The summed E-state index contributed by atoms with van der Waals surface area (Å²) in [5.74, 6) is 3.52. The third-order valence-electron chi connectivity index (χ3n) is 3.67. The van der Waals surface area contributed by atoms with Gasteiger partial charge in [0.05, 0.1) is 11.4 Å². The smallest absolute Gasteiger partial charge is 0.137 e. The van der Waals surface area contributed by atoms with Crippen LogP contribution in [0.5, 0.6) is 0 Å². The molecule has 1 aromatic heterocycles. The predicted octanol–water partition coefficient (Wildman–Crippen LogP) is 2.19. The van der Waals surface area contributed by atoms with Crippen LogP contribution in [0.3, 0.4) is 0 Å². The summed E-state index contributed by atoms with van der Waals surface area (Å²) in [6.07, 6.45) is 0. The first-order valence-corrected chi connectivity index (χ1v) is 8.13. The summed E-state index contributed by atoms with van der Waals surface area (Å²) < 4.78 is 2.05. The highest BCUT2D eigenvalue weighted by Gasteiger charge is 2.22. The Bertz CT molecular complexity index is 573. The fraction of sp³-hybridized carbons (Fsp3) is 0.400. The van der Waals surface area contributed by atoms with Gasteiger partial charge >= 0.3 is 0 Å². The molecule has 1 aliphatic rings. The second-order valence-electron chi connectivity index (χ2n) is 4.94. The minimum absolute atomic E-state index is 0.539. The monoisotopic (exact) mass is 288 g/mol. The van der Waals surface area contributed by atoms with Gasteiger partial charge in [-0.3, -0.25) is 0 Å². The van der Waals surface area contributed by atoms with Gasteiger partial charge < -0.3 is 10.6 Å². The number of aromatic nitrogens is 2. The van der Waals surface area contributed by atoms with Crippen LogP contribution in [0, 0.1) is 6.92 Å². The molecule has 2 aromatic rings. The Morgan fingerprint density at radius 3 is 2.55 bits per heavy atom. The Morgan fingerprint density at radius 1 is 1.20 bits per heavy atom. The number of thioether (sulfide) groups is 1. The summed E-state index contributed by atoms with van der Waals surface area (Å²) in [6.45, 7) is 4.72. The maximum atomic E-state index is 5.96. The lowest BCUT2D eigenvalue weighted by molar-refractivity contribution is 0.774. The van der Waals surface area contributed by atoms with Crippen LogP contribution in [0.4, 0.5) is 5.82 Å². The first-order valence-electron chi connectivity index (χ1n) is 6.98. The number of hydrogen-bond donors (Lipinski definition) is 1. The molecule has 4 nitrogen and oxygen atoms in total. The van der Waals surface area contributed by atoms with E-state index in [9.17, 15) is 0 Å². The third kappa shape index (κ3) is 2.43. The van der Waals surface area contributed by atoms with Crippen molar-refractivity contribution < 1.29 is 0 Å². The molecule has 0 radical (unpaired) electrons. The topological polar surface area (TPSA) is 47.1 Å². The van der Waals surface area contributed by atoms with Gasteiger partial charge in [-0.2, -0.15) is 16.9 Å². The van der Waals surface area contributed by atoms with Gasteiger partial charge in [-0.1, -0.05) is 18.2 Å². The van der Waals surface area contributed by atoms with Crippen molar-refractivity contribution in [2.24, 2.45) is 5.73 Å². The molecule has 0 amide bonds. The molecule has 106 valence electrons. The largest absolute Gasteiger partial charge is 0.355 e. The van der Waals surface area contributed by atoms with Crippen LogP contribution in [-0.4, -0.2) is 34.4 Å². The molecule has 1 fully saturated rings. The molecule has 0 aliphatic carbocycles. The van der Waals surface area contributed by atoms with Gasteiger partial charge in [0.25, 0.3) is 0 Å². The summed E-state index contributed by atoms with van der Waals surface area (Å²) >= 11 is 2.01. The van der Waals surface area contributed by atoms with Gasteiger partial charge in [0.2, 0.25) is 0 Å². The molecule has 2 N–H and O–H groups in total. The highest BCUT2D eigenvalue weighted by atomic mass is 32.2. The zero-order valence-corrected chi connectivity index (χ0v) is 12.6. The maximum absolute atomic E-state index is 5.96. The van der Waals surface area contributed by atoms with Gasteiger partial charge in [0.15, 0.2) is 0 Å². The van der Waals surface area contributed by atoms with Crippen LogP contribution in [-0.2, 0) is 6.54 Å². The van der Waals surface area contributed by atoms with Gasteiger partial charge in [0.1, 0.15) is 5.82 Å². The molecule has 0 bridgehead atoms. The number of anilines is 1. The van der Waals surface area contributed by atoms with E-state index < -0.39 is 0 Å². The lowest BCUT2D eigenvalue weighted by Crippen LogP contribution is -2.34. The molecule has 5 heteroatoms. The molecule has 0 spiro atoms. The third-order valence-corrected chi connectivity index (χ3v) is 4.62. The van der Waals surface area contributed by atoms with Crippen molar-refractivity contribution in [1.82, 2.24) is 9.78 Å². The summed E-state index contributed by atoms with van der Waals surface area (Å²) in [6, 6.07) is 10.3. The SMILES string of the molecule is Cc1nn(-c2ccccc2)c(N2CCSCC2)c1CN. The molecule has 2 heterocycles. The van der Waals surface area contributed by atoms with Crippen LogP contribution in [0.15, 0.2) is 30.3 Å². The first-order chi connectivity index (χ1) is 9.81. The van der Waals surface area contributed by atoms with Gasteiger partial charge in [-0.15, -0.1) is 0 Å². The van der Waals surface area contributed by atoms with E-state index in [-0.39, 0.29) is 0 Å². The number of rotatable bonds is 3. The van der Waals surface area contributed by atoms with Crippen molar-refractivity contribution in [3.63, 3.8) is 0 Å². The number of hydrogen-bond acceptors (Lipinski definition) is 4. The highest BCUT2D eigenvalue weighted by molar-refractivity contribution is 7.99. The van der Waals surface area contributed by atoms with Gasteiger partial charge in [-0.25, -0.2) is 4.68 Å². The average Bonchev–Trinajstić information content (AvgIpc) is 2.85. The Labute approximate surface area is 124 Å². The summed E-state index contributed by atoms with van der Waals surface area (Å²) in [7, 11) is 0. The zero-order chi connectivity index (χ0) is 13.9. The van der Waals surface area contributed by atoms with Gasteiger partial charge in [0, 0.05) is 36.7 Å². The standard InChI is InChI=1S/C15H20N4S/c1-12-14(11-16)15(18-7-9-20-10-8-18)19(17-12)13-5-3-2-4-6-13/h2-6H,7-11,16H2,1H3. The number of nitrogens with two attached hydrogens (primary N) is 1. The minimum atomic E-state index is 0.539. The predicted molar refractivity (Wildman–Crippen MR) is 85.7 cm³/mol. The number of benzene rings is 1. The molecule has 1 aromatic carbocycles. The van der Waals surface area contributed by atoms with Crippen molar-refractivity contribution in [3.05, 3.63) is 41.6 Å². The quantitative estimate of drug-likeness (QED) is 0.940. The van der Waals surface area contributed by atoms with Crippen LogP contribution < -0.4 is 10.6 Å². The Hall–Kier alpha value is -1.46.